The van der Waals surface area contributed by atoms with Gasteiger partial charge in [-0.3, -0.25) is 14.3 Å². The molecule has 0 aliphatic heterocycles. The Morgan fingerprint density at radius 3 is 2.57 bits per heavy atom. The molecule has 1 N–H and O–H groups in total. The molecule has 0 spiro atoms. The number of carbonyl (C=O) groups is 2. The molecule has 0 saturated carbocycles. The molecule has 0 bridgehead atoms. The number of benzene rings is 1. The summed E-state index contributed by atoms with van der Waals surface area (Å²) >= 11 is 11.7. The topological polar surface area (TPSA) is 73.2 Å². The quantitative estimate of drug-likeness (QED) is 0.876. The molecule has 0 unspecified atom stereocenters. The Bertz CT molecular complexity index is 665. The molecule has 2 aromatic rings. The number of ether oxygens (including phenoxy) is 1. The van der Waals surface area contributed by atoms with Gasteiger partial charge in [-0.05, 0) is 18.2 Å². The van der Waals surface area contributed by atoms with Crippen molar-refractivity contribution in [3.8, 4) is 0 Å². The molecule has 0 aliphatic rings. The maximum atomic E-state index is 12.0. The molecule has 0 aliphatic carbocycles. The zero-order valence-corrected chi connectivity index (χ0v) is 12.5. The molecule has 1 amide bonds. The molecule has 0 fully saturated rings. The Labute approximate surface area is 130 Å². The maximum Gasteiger partial charge on any atom is 0.327 e. The Morgan fingerprint density at radius 2 is 1.95 bits per heavy atom. The third-order valence-corrected chi connectivity index (χ3v) is 2.97. The van der Waals surface area contributed by atoms with Crippen molar-refractivity contribution in [1.29, 1.82) is 0 Å². The normalized spacial score (nSPS) is 10.2. The fourth-order valence-electron chi connectivity index (χ4n) is 1.60. The van der Waals surface area contributed by atoms with Gasteiger partial charge >= 0.3 is 5.97 Å². The number of anilines is 1. The Balaban J connectivity index is 2.07. The molecule has 21 heavy (non-hydrogen) atoms. The van der Waals surface area contributed by atoms with Crippen molar-refractivity contribution in [2.45, 2.75) is 6.54 Å². The van der Waals surface area contributed by atoms with Gasteiger partial charge in [0.15, 0.2) is 0 Å². The summed E-state index contributed by atoms with van der Waals surface area (Å²) in [4.78, 5) is 23.2. The number of methoxy groups -OCH3 is 1. The van der Waals surface area contributed by atoms with Gasteiger partial charge in [0, 0.05) is 21.8 Å². The molecular formula is C13H11Cl2N3O3. The van der Waals surface area contributed by atoms with Crippen LogP contribution >= 0.6 is 23.2 Å². The summed E-state index contributed by atoms with van der Waals surface area (Å²) < 4.78 is 5.88. The molecule has 110 valence electrons. The number of rotatable bonds is 4. The molecule has 0 atom stereocenters. The van der Waals surface area contributed by atoms with E-state index in [1.54, 1.807) is 0 Å². The van der Waals surface area contributed by atoms with Crippen molar-refractivity contribution in [3.63, 3.8) is 0 Å². The first-order chi connectivity index (χ1) is 9.97. The summed E-state index contributed by atoms with van der Waals surface area (Å²) in [6, 6.07) is 4.54. The predicted molar refractivity (Wildman–Crippen MR) is 78.7 cm³/mol. The standard InChI is InChI=1S/C13H11Cl2N3O3/c1-21-12(19)7-18-6-11(5-16-18)17-13(20)8-2-9(14)4-10(15)3-8/h2-6H,7H2,1H3,(H,17,20). The molecule has 0 saturated heterocycles. The van der Waals surface area contributed by atoms with Gasteiger partial charge in [-0.1, -0.05) is 23.2 Å². The van der Waals surface area contributed by atoms with E-state index in [0.29, 0.717) is 21.3 Å². The number of halogens is 2. The van der Waals surface area contributed by atoms with Gasteiger partial charge in [-0.25, -0.2) is 0 Å². The lowest BCUT2D eigenvalue weighted by Crippen LogP contribution is -2.12. The molecule has 2 rings (SSSR count). The zero-order valence-electron chi connectivity index (χ0n) is 11.0. The van der Waals surface area contributed by atoms with Gasteiger partial charge in [0.05, 0.1) is 19.0 Å². The van der Waals surface area contributed by atoms with E-state index in [2.05, 4.69) is 15.2 Å². The third-order valence-electron chi connectivity index (χ3n) is 2.53. The highest BCUT2D eigenvalue weighted by atomic mass is 35.5. The van der Waals surface area contributed by atoms with E-state index in [1.807, 2.05) is 0 Å². The van der Waals surface area contributed by atoms with Gasteiger partial charge < -0.3 is 10.1 Å². The van der Waals surface area contributed by atoms with Crippen LogP contribution in [0.1, 0.15) is 10.4 Å². The van der Waals surface area contributed by atoms with Gasteiger partial charge in [0.2, 0.25) is 0 Å². The minimum absolute atomic E-state index is 0.0324. The molecule has 6 nitrogen and oxygen atoms in total. The second-order valence-corrected chi connectivity index (χ2v) is 4.99. The maximum absolute atomic E-state index is 12.0. The Kier molecular flexibility index (Phi) is 4.82. The van der Waals surface area contributed by atoms with Crippen LogP contribution in [0.4, 0.5) is 5.69 Å². The fraction of sp³-hybridized carbons (Fsp3) is 0.154. The highest BCUT2D eigenvalue weighted by molar-refractivity contribution is 6.35. The fourth-order valence-corrected chi connectivity index (χ4v) is 2.13. The minimum atomic E-state index is -0.433. The van der Waals surface area contributed by atoms with Gasteiger partial charge in [0.1, 0.15) is 6.54 Å². The SMILES string of the molecule is COC(=O)Cn1cc(NC(=O)c2cc(Cl)cc(Cl)c2)cn1. The van der Waals surface area contributed by atoms with Crippen molar-refractivity contribution in [2.24, 2.45) is 0 Å². The van der Waals surface area contributed by atoms with Crippen LogP contribution in [0.2, 0.25) is 10.0 Å². The van der Waals surface area contributed by atoms with E-state index >= 15 is 0 Å². The molecule has 1 heterocycles. The van der Waals surface area contributed by atoms with Gasteiger partial charge in [-0.15, -0.1) is 0 Å². The largest absolute Gasteiger partial charge is 0.468 e. The number of nitrogens with one attached hydrogen (secondary N) is 1. The highest BCUT2D eigenvalue weighted by Crippen LogP contribution is 2.20. The second-order valence-electron chi connectivity index (χ2n) is 4.11. The lowest BCUT2D eigenvalue weighted by Gasteiger charge is -2.04. The number of esters is 1. The molecule has 1 aromatic carbocycles. The van der Waals surface area contributed by atoms with E-state index in [-0.39, 0.29) is 12.5 Å². The Morgan fingerprint density at radius 1 is 1.29 bits per heavy atom. The summed E-state index contributed by atoms with van der Waals surface area (Å²) in [5.41, 5.74) is 0.771. The number of hydrogen-bond donors (Lipinski definition) is 1. The van der Waals surface area contributed by atoms with Crippen molar-refractivity contribution >= 4 is 40.8 Å². The van der Waals surface area contributed by atoms with Crippen LogP contribution in [-0.4, -0.2) is 28.8 Å². The monoisotopic (exact) mass is 327 g/mol. The van der Waals surface area contributed by atoms with Crippen LogP contribution < -0.4 is 5.32 Å². The van der Waals surface area contributed by atoms with Crippen LogP contribution in [0.3, 0.4) is 0 Å². The predicted octanol–water partition coefficient (Wildman–Crippen LogP) is 2.62. The van der Waals surface area contributed by atoms with Gasteiger partial charge in [0.25, 0.3) is 5.91 Å². The molecule has 0 radical (unpaired) electrons. The van der Waals surface area contributed by atoms with E-state index in [1.165, 1.54) is 42.4 Å². The van der Waals surface area contributed by atoms with E-state index in [9.17, 15) is 9.59 Å². The lowest BCUT2D eigenvalue weighted by molar-refractivity contribution is -0.141. The van der Waals surface area contributed by atoms with E-state index < -0.39 is 5.97 Å². The summed E-state index contributed by atoms with van der Waals surface area (Å²) in [7, 11) is 1.29. The summed E-state index contributed by atoms with van der Waals surface area (Å²) in [6.45, 7) is -0.0324. The first-order valence-electron chi connectivity index (χ1n) is 5.84. The van der Waals surface area contributed by atoms with E-state index in [4.69, 9.17) is 23.2 Å². The molecule has 1 aromatic heterocycles. The third kappa shape index (κ3) is 4.21. The van der Waals surface area contributed by atoms with Crippen LogP contribution in [0.25, 0.3) is 0 Å². The number of aromatic nitrogens is 2. The molecule has 8 heteroatoms. The first kappa shape index (κ1) is 15.3. The number of nitrogens with zero attached hydrogens (tertiary/aromatic N) is 2. The highest BCUT2D eigenvalue weighted by Gasteiger charge is 2.10. The van der Waals surface area contributed by atoms with Crippen molar-refractivity contribution < 1.29 is 14.3 Å². The average Bonchev–Trinajstić information content (AvgIpc) is 2.84. The lowest BCUT2D eigenvalue weighted by atomic mass is 10.2. The Hall–Kier alpha value is -2.05. The van der Waals surface area contributed by atoms with Crippen molar-refractivity contribution in [1.82, 2.24) is 9.78 Å². The van der Waals surface area contributed by atoms with Gasteiger partial charge in [-0.2, -0.15) is 5.10 Å². The van der Waals surface area contributed by atoms with Crippen LogP contribution in [0, 0.1) is 0 Å². The summed E-state index contributed by atoms with van der Waals surface area (Å²) in [6.07, 6.45) is 2.94. The summed E-state index contributed by atoms with van der Waals surface area (Å²) in [5, 5.41) is 7.31. The van der Waals surface area contributed by atoms with Crippen molar-refractivity contribution in [2.75, 3.05) is 12.4 Å². The minimum Gasteiger partial charge on any atom is -0.468 e. The van der Waals surface area contributed by atoms with Crippen LogP contribution in [0.5, 0.6) is 0 Å². The summed E-state index contributed by atoms with van der Waals surface area (Å²) in [5.74, 6) is -0.811. The second kappa shape index (κ2) is 6.60. The number of hydrogen-bond acceptors (Lipinski definition) is 4. The molecular weight excluding hydrogens is 317 g/mol. The number of amides is 1. The smallest absolute Gasteiger partial charge is 0.327 e. The van der Waals surface area contributed by atoms with Crippen LogP contribution in [-0.2, 0) is 16.1 Å². The van der Waals surface area contributed by atoms with Crippen molar-refractivity contribution in [3.05, 3.63) is 46.2 Å². The van der Waals surface area contributed by atoms with Crippen LogP contribution in [0.15, 0.2) is 30.6 Å². The zero-order chi connectivity index (χ0) is 15.4. The first-order valence-corrected chi connectivity index (χ1v) is 6.60. The average molecular weight is 328 g/mol. The van der Waals surface area contributed by atoms with E-state index in [0.717, 1.165) is 0 Å². The number of carbonyl (C=O) groups excluding carboxylic acids is 2.